The van der Waals surface area contributed by atoms with E-state index >= 15 is 0 Å². The van der Waals surface area contributed by atoms with Crippen LogP contribution in [0.2, 0.25) is 0 Å². The molecular formula is C20H35IN4O2. The molecule has 1 fully saturated rings. The van der Waals surface area contributed by atoms with Crippen LogP contribution in [0.5, 0.6) is 5.75 Å². The van der Waals surface area contributed by atoms with Gasteiger partial charge in [0.15, 0.2) is 5.96 Å². The van der Waals surface area contributed by atoms with Gasteiger partial charge < -0.3 is 20.1 Å². The molecule has 1 aliphatic rings. The van der Waals surface area contributed by atoms with Gasteiger partial charge in [0, 0.05) is 39.8 Å². The largest absolute Gasteiger partial charge is 0.494 e. The van der Waals surface area contributed by atoms with Crippen LogP contribution < -0.4 is 15.4 Å². The standard InChI is InChI=1S/C20H34N4O2.HI/c1-3-4-15-26-19-7-5-18(6-8-19)9-10-22-20(21-2)23-11-12-24-13-16-25-17-14-24;/h5-8H,3-4,9-17H2,1-2H3,(H2,21,22,23);1H. The lowest BCUT2D eigenvalue weighted by atomic mass is 10.1. The first-order chi connectivity index (χ1) is 12.8. The smallest absolute Gasteiger partial charge is 0.191 e. The predicted octanol–water partition coefficient (Wildman–Crippen LogP) is 2.52. The fourth-order valence-corrected chi connectivity index (χ4v) is 2.79. The summed E-state index contributed by atoms with van der Waals surface area (Å²) in [7, 11) is 1.81. The number of rotatable bonds is 10. The molecule has 1 saturated heterocycles. The van der Waals surface area contributed by atoms with Crippen molar-refractivity contribution in [3.05, 3.63) is 29.8 Å². The Labute approximate surface area is 181 Å². The minimum absolute atomic E-state index is 0. The van der Waals surface area contributed by atoms with E-state index < -0.39 is 0 Å². The Balaban J connectivity index is 0.00000364. The van der Waals surface area contributed by atoms with E-state index in [-0.39, 0.29) is 24.0 Å². The first kappa shape index (κ1) is 24.0. The fourth-order valence-electron chi connectivity index (χ4n) is 2.79. The van der Waals surface area contributed by atoms with E-state index in [0.717, 1.165) is 83.5 Å². The lowest BCUT2D eigenvalue weighted by Gasteiger charge is -2.26. The van der Waals surface area contributed by atoms with Crippen LogP contribution in [0.15, 0.2) is 29.3 Å². The molecule has 1 aromatic carbocycles. The topological polar surface area (TPSA) is 58.1 Å². The zero-order valence-electron chi connectivity index (χ0n) is 16.7. The van der Waals surface area contributed by atoms with Crippen LogP contribution in [0.25, 0.3) is 0 Å². The maximum Gasteiger partial charge on any atom is 0.191 e. The molecule has 0 radical (unpaired) electrons. The molecule has 1 aliphatic heterocycles. The van der Waals surface area contributed by atoms with Gasteiger partial charge in [-0.2, -0.15) is 0 Å². The number of nitrogens with zero attached hydrogens (tertiary/aromatic N) is 2. The molecule has 0 aliphatic carbocycles. The van der Waals surface area contributed by atoms with Crippen molar-refractivity contribution in [3.8, 4) is 5.75 Å². The zero-order valence-corrected chi connectivity index (χ0v) is 19.0. The van der Waals surface area contributed by atoms with E-state index in [1.165, 1.54) is 5.56 Å². The molecule has 0 spiro atoms. The van der Waals surface area contributed by atoms with Gasteiger partial charge in [-0.1, -0.05) is 25.5 Å². The summed E-state index contributed by atoms with van der Waals surface area (Å²) in [4.78, 5) is 6.70. The lowest BCUT2D eigenvalue weighted by Crippen LogP contribution is -2.44. The Kier molecular flexibility index (Phi) is 13.3. The Bertz CT molecular complexity index is 519. The van der Waals surface area contributed by atoms with Crippen molar-refractivity contribution in [2.24, 2.45) is 4.99 Å². The maximum absolute atomic E-state index is 5.70. The number of unbranched alkanes of at least 4 members (excludes halogenated alkanes) is 1. The highest BCUT2D eigenvalue weighted by Gasteiger charge is 2.09. The van der Waals surface area contributed by atoms with E-state index in [4.69, 9.17) is 9.47 Å². The second-order valence-electron chi connectivity index (χ2n) is 6.48. The quantitative estimate of drug-likeness (QED) is 0.229. The van der Waals surface area contributed by atoms with Crippen molar-refractivity contribution < 1.29 is 9.47 Å². The third-order valence-corrected chi connectivity index (χ3v) is 4.44. The summed E-state index contributed by atoms with van der Waals surface area (Å²) in [6.07, 6.45) is 3.22. The molecule has 2 N–H and O–H groups in total. The van der Waals surface area contributed by atoms with Crippen LogP contribution in [0, 0.1) is 0 Å². The third-order valence-electron chi connectivity index (χ3n) is 4.44. The molecule has 27 heavy (non-hydrogen) atoms. The van der Waals surface area contributed by atoms with Crippen LogP contribution in [-0.4, -0.2) is 70.5 Å². The van der Waals surface area contributed by atoms with Crippen LogP contribution in [0.1, 0.15) is 25.3 Å². The minimum atomic E-state index is 0. The van der Waals surface area contributed by atoms with Crippen molar-refractivity contribution in [3.63, 3.8) is 0 Å². The monoisotopic (exact) mass is 490 g/mol. The highest BCUT2D eigenvalue weighted by atomic mass is 127. The zero-order chi connectivity index (χ0) is 18.5. The number of aliphatic imine (C=N–C) groups is 1. The molecule has 0 aromatic heterocycles. The second kappa shape index (κ2) is 14.9. The van der Waals surface area contributed by atoms with Gasteiger partial charge in [-0.15, -0.1) is 24.0 Å². The van der Waals surface area contributed by atoms with Crippen molar-refractivity contribution >= 4 is 29.9 Å². The predicted molar refractivity (Wildman–Crippen MR) is 123 cm³/mol. The number of benzene rings is 1. The van der Waals surface area contributed by atoms with Gasteiger partial charge >= 0.3 is 0 Å². The summed E-state index contributed by atoms with van der Waals surface area (Å²) in [5, 5.41) is 6.75. The summed E-state index contributed by atoms with van der Waals surface area (Å²) in [5.74, 6) is 1.81. The Morgan fingerprint density at radius 2 is 1.85 bits per heavy atom. The Morgan fingerprint density at radius 1 is 1.15 bits per heavy atom. The van der Waals surface area contributed by atoms with Crippen LogP contribution >= 0.6 is 24.0 Å². The van der Waals surface area contributed by atoms with E-state index in [1.807, 2.05) is 7.05 Å². The van der Waals surface area contributed by atoms with Crippen molar-refractivity contribution in [1.29, 1.82) is 0 Å². The van der Waals surface area contributed by atoms with Crippen LogP contribution in [0.4, 0.5) is 0 Å². The molecule has 154 valence electrons. The SMILES string of the molecule is CCCCOc1ccc(CCNC(=NC)NCCN2CCOCC2)cc1.I. The molecule has 1 aromatic rings. The van der Waals surface area contributed by atoms with E-state index in [1.54, 1.807) is 0 Å². The van der Waals surface area contributed by atoms with Crippen molar-refractivity contribution in [2.45, 2.75) is 26.2 Å². The first-order valence-corrected chi connectivity index (χ1v) is 9.78. The lowest BCUT2D eigenvalue weighted by molar-refractivity contribution is 0.0389. The summed E-state index contributed by atoms with van der Waals surface area (Å²) < 4.78 is 11.1. The number of guanidine groups is 1. The first-order valence-electron chi connectivity index (χ1n) is 9.78. The molecule has 0 saturated carbocycles. The number of hydrogen-bond acceptors (Lipinski definition) is 4. The summed E-state index contributed by atoms with van der Waals surface area (Å²) >= 11 is 0. The molecule has 0 bridgehead atoms. The normalized spacial score (nSPS) is 15.1. The number of nitrogens with one attached hydrogen (secondary N) is 2. The van der Waals surface area contributed by atoms with Crippen molar-refractivity contribution in [1.82, 2.24) is 15.5 Å². The van der Waals surface area contributed by atoms with Gasteiger partial charge in [-0.3, -0.25) is 9.89 Å². The number of halogens is 1. The van der Waals surface area contributed by atoms with Gasteiger partial charge in [-0.25, -0.2) is 0 Å². The molecule has 7 heteroatoms. The van der Waals surface area contributed by atoms with Gasteiger partial charge in [0.05, 0.1) is 19.8 Å². The number of morpholine rings is 1. The van der Waals surface area contributed by atoms with Gasteiger partial charge in [0.1, 0.15) is 5.75 Å². The van der Waals surface area contributed by atoms with E-state index in [2.05, 4.69) is 51.7 Å². The summed E-state index contributed by atoms with van der Waals surface area (Å²) in [6.45, 7) is 9.46. The number of hydrogen-bond donors (Lipinski definition) is 2. The summed E-state index contributed by atoms with van der Waals surface area (Å²) in [6, 6.07) is 8.38. The van der Waals surface area contributed by atoms with E-state index in [9.17, 15) is 0 Å². The maximum atomic E-state index is 5.70. The minimum Gasteiger partial charge on any atom is -0.494 e. The van der Waals surface area contributed by atoms with E-state index in [0.29, 0.717) is 0 Å². The molecule has 0 unspecified atom stereocenters. The molecular weight excluding hydrogens is 455 g/mol. The fraction of sp³-hybridized carbons (Fsp3) is 0.650. The molecule has 0 amide bonds. The average molecular weight is 490 g/mol. The van der Waals surface area contributed by atoms with Gasteiger partial charge in [0.2, 0.25) is 0 Å². The van der Waals surface area contributed by atoms with Gasteiger partial charge in [-0.05, 0) is 30.5 Å². The van der Waals surface area contributed by atoms with Gasteiger partial charge in [0.25, 0.3) is 0 Å². The van der Waals surface area contributed by atoms with Crippen molar-refractivity contribution in [2.75, 3.05) is 59.6 Å². The highest BCUT2D eigenvalue weighted by molar-refractivity contribution is 14.0. The molecule has 2 rings (SSSR count). The third kappa shape index (κ3) is 10.2. The Morgan fingerprint density at radius 3 is 2.52 bits per heavy atom. The van der Waals surface area contributed by atoms with Crippen LogP contribution in [0.3, 0.4) is 0 Å². The molecule has 1 heterocycles. The van der Waals surface area contributed by atoms with Crippen LogP contribution in [-0.2, 0) is 11.2 Å². The average Bonchev–Trinajstić information content (AvgIpc) is 2.69. The number of ether oxygens (including phenoxy) is 2. The molecule has 0 atom stereocenters. The summed E-state index contributed by atoms with van der Waals surface area (Å²) in [5.41, 5.74) is 1.30. The highest BCUT2D eigenvalue weighted by Crippen LogP contribution is 2.12. The molecule has 6 nitrogen and oxygen atoms in total. The second-order valence-corrected chi connectivity index (χ2v) is 6.48. The Hall–Kier alpha value is -1.06.